The fraction of sp³-hybridized carbons (Fsp3) is 0.350. The molecule has 4 rings (SSSR count). The maximum absolute atomic E-state index is 12.8. The first-order chi connectivity index (χ1) is 14.1. The summed E-state index contributed by atoms with van der Waals surface area (Å²) in [6.45, 7) is 3.23. The van der Waals surface area contributed by atoms with E-state index in [1.165, 1.54) is 0 Å². The summed E-state index contributed by atoms with van der Waals surface area (Å²) in [5, 5.41) is 6.27. The number of aromatic nitrogens is 3. The highest BCUT2D eigenvalue weighted by Crippen LogP contribution is 2.30. The molecule has 9 heteroatoms. The monoisotopic (exact) mass is 395 g/mol. The summed E-state index contributed by atoms with van der Waals surface area (Å²) in [4.78, 5) is 29.1. The Labute approximate surface area is 169 Å². The molecule has 3 heterocycles. The smallest absolute Gasteiger partial charge is 0.254 e. The van der Waals surface area contributed by atoms with Gasteiger partial charge in [0.15, 0.2) is 5.82 Å². The van der Waals surface area contributed by atoms with Gasteiger partial charge in [-0.1, -0.05) is 0 Å². The second-order valence-corrected chi connectivity index (χ2v) is 7.02. The number of hydrogen-bond acceptors (Lipinski definition) is 7. The molecule has 1 saturated heterocycles. The van der Waals surface area contributed by atoms with Crippen LogP contribution in [-0.2, 0) is 0 Å². The van der Waals surface area contributed by atoms with Crippen molar-refractivity contribution in [1.29, 1.82) is 0 Å². The Morgan fingerprint density at radius 3 is 2.69 bits per heavy atom. The van der Waals surface area contributed by atoms with Gasteiger partial charge < -0.3 is 30.2 Å². The Morgan fingerprint density at radius 1 is 1.17 bits per heavy atom. The van der Waals surface area contributed by atoms with Crippen LogP contribution >= 0.6 is 0 Å². The van der Waals surface area contributed by atoms with Gasteiger partial charge in [-0.05, 0) is 31.3 Å². The number of nitrogens with one attached hydrogen (secondary N) is 3. The van der Waals surface area contributed by atoms with Crippen molar-refractivity contribution in [3.05, 3.63) is 36.0 Å². The van der Waals surface area contributed by atoms with Gasteiger partial charge in [-0.15, -0.1) is 0 Å². The molecule has 0 radical (unpaired) electrons. The fourth-order valence-corrected chi connectivity index (χ4v) is 3.42. The number of benzene rings is 1. The summed E-state index contributed by atoms with van der Waals surface area (Å²) in [7, 11) is 5.46. The lowest BCUT2D eigenvalue weighted by atomic mass is 10.1. The van der Waals surface area contributed by atoms with Gasteiger partial charge in [0.2, 0.25) is 5.95 Å². The molecule has 9 nitrogen and oxygen atoms in total. The maximum atomic E-state index is 12.8. The minimum absolute atomic E-state index is 0.0189. The maximum Gasteiger partial charge on any atom is 0.254 e. The van der Waals surface area contributed by atoms with Crippen LogP contribution in [0, 0.1) is 0 Å². The number of ether oxygens (including phenoxy) is 1. The first-order valence-corrected chi connectivity index (χ1v) is 9.55. The van der Waals surface area contributed by atoms with Crippen LogP contribution in [0.3, 0.4) is 0 Å². The van der Waals surface area contributed by atoms with E-state index in [1.54, 1.807) is 19.2 Å². The van der Waals surface area contributed by atoms with E-state index in [2.05, 4.69) is 37.5 Å². The molecule has 0 bridgehead atoms. The van der Waals surface area contributed by atoms with Crippen LogP contribution < -0.4 is 15.4 Å². The second-order valence-electron chi connectivity index (χ2n) is 7.02. The van der Waals surface area contributed by atoms with Gasteiger partial charge in [-0.2, -0.15) is 4.98 Å². The number of rotatable bonds is 5. The highest BCUT2D eigenvalue weighted by molar-refractivity contribution is 5.95. The van der Waals surface area contributed by atoms with Crippen molar-refractivity contribution < 1.29 is 9.53 Å². The first-order valence-electron chi connectivity index (χ1n) is 9.55. The first kappa shape index (κ1) is 19.0. The van der Waals surface area contributed by atoms with Crippen molar-refractivity contribution in [1.82, 2.24) is 24.8 Å². The van der Waals surface area contributed by atoms with Crippen LogP contribution in [0.15, 0.2) is 30.5 Å². The zero-order valence-electron chi connectivity index (χ0n) is 16.8. The minimum atomic E-state index is 0.0189. The number of anilines is 3. The fourth-order valence-electron chi connectivity index (χ4n) is 3.42. The van der Waals surface area contributed by atoms with Crippen LogP contribution in [0.25, 0.3) is 11.0 Å². The van der Waals surface area contributed by atoms with Crippen molar-refractivity contribution in [2.24, 2.45) is 0 Å². The van der Waals surface area contributed by atoms with Crippen LogP contribution in [0.1, 0.15) is 10.4 Å². The van der Waals surface area contributed by atoms with E-state index >= 15 is 0 Å². The lowest BCUT2D eigenvalue weighted by Gasteiger charge is -2.32. The minimum Gasteiger partial charge on any atom is -0.495 e. The van der Waals surface area contributed by atoms with Gasteiger partial charge in [0.1, 0.15) is 11.3 Å². The van der Waals surface area contributed by atoms with Gasteiger partial charge in [-0.3, -0.25) is 4.79 Å². The van der Waals surface area contributed by atoms with Crippen molar-refractivity contribution in [2.75, 3.05) is 58.0 Å². The van der Waals surface area contributed by atoms with E-state index in [1.807, 2.05) is 30.3 Å². The van der Waals surface area contributed by atoms with Gasteiger partial charge in [-0.25, -0.2) is 4.98 Å². The summed E-state index contributed by atoms with van der Waals surface area (Å²) in [6, 6.07) is 7.28. The third-order valence-corrected chi connectivity index (χ3v) is 5.13. The molecule has 1 aliphatic rings. The largest absolute Gasteiger partial charge is 0.495 e. The predicted molar refractivity (Wildman–Crippen MR) is 113 cm³/mol. The van der Waals surface area contributed by atoms with E-state index in [0.717, 1.165) is 37.2 Å². The third-order valence-electron chi connectivity index (χ3n) is 5.13. The number of fused-ring (bicyclic) bond motifs is 1. The standard InChI is InChI=1S/C20H25N7O2/c1-21-18-17-15(6-7-22-17)24-20(25-18)23-14-5-4-13(12-16(14)29-3)19(28)27-10-8-26(2)9-11-27/h4-7,12,22H,8-11H2,1-3H3,(H2,21,23,24,25). The molecule has 0 atom stereocenters. The van der Waals surface area contributed by atoms with Gasteiger partial charge in [0, 0.05) is 45.0 Å². The number of amides is 1. The topological polar surface area (TPSA) is 98.4 Å². The molecule has 0 saturated carbocycles. The average molecular weight is 395 g/mol. The van der Waals surface area contributed by atoms with Crippen LogP contribution in [0.4, 0.5) is 17.5 Å². The highest BCUT2D eigenvalue weighted by Gasteiger charge is 2.21. The molecule has 1 aliphatic heterocycles. The number of carbonyl (C=O) groups is 1. The third kappa shape index (κ3) is 3.81. The number of likely N-dealkylation sites (N-methyl/N-ethyl adjacent to an activating group) is 1. The summed E-state index contributed by atoms with van der Waals surface area (Å²) < 4.78 is 5.52. The predicted octanol–water partition coefficient (Wildman–Crippen LogP) is 2.14. The molecule has 1 amide bonds. The Kier molecular flexibility index (Phi) is 5.22. The van der Waals surface area contributed by atoms with E-state index < -0.39 is 0 Å². The highest BCUT2D eigenvalue weighted by atomic mass is 16.5. The number of H-pyrrole nitrogens is 1. The summed E-state index contributed by atoms with van der Waals surface area (Å²) in [5.74, 6) is 1.72. The number of nitrogens with zero attached hydrogens (tertiary/aromatic N) is 4. The zero-order valence-corrected chi connectivity index (χ0v) is 16.8. The molecule has 0 unspecified atom stereocenters. The number of carbonyl (C=O) groups excluding carboxylic acids is 1. The number of piperazine rings is 1. The Bertz CT molecular complexity index is 1020. The van der Waals surface area contributed by atoms with Gasteiger partial charge >= 0.3 is 0 Å². The molecule has 152 valence electrons. The molecule has 1 fully saturated rings. The van der Waals surface area contributed by atoms with Crippen molar-refractivity contribution in [3.63, 3.8) is 0 Å². The molecule has 3 aromatic rings. The summed E-state index contributed by atoms with van der Waals surface area (Å²) >= 11 is 0. The van der Waals surface area contributed by atoms with Crippen LogP contribution in [0.5, 0.6) is 5.75 Å². The normalized spacial score (nSPS) is 14.8. The molecule has 29 heavy (non-hydrogen) atoms. The molecule has 1 aromatic carbocycles. The Balaban J connectivity index is 1.58. The molecule has 0 spiro atoms. The molecular formula is C20H25N7O2. The molecular weight excluding hydrogens is 370 g/mol. The van der Waals surface area contributed by atoms with E-state index in [-0.39, 0.29) is 5.91 Å². The SMILES string of the molecule is CNc1nc(Nc2ccc(C(=O)N3CCN(C)CC3)cc2OC)nc2cc[nH]c12. The van der Waals surface area contributed by atoms with E-state index in [4.69, 9.17) is 4.74 Å². The molecule has 2 aromatic heterocycles. The number of aromatic amines is 1. The quantitative estimate of drug-likeness (QED) is 0.609. The molecule has 3 N–H and O–H groups in total. The van der Waals surface area contributed by atoms with Gasteiger partial charge in [0.05, 0.1) is 18.3 Å². The summed E-state index contributed by atoms with van der Waals surface area (Å²) in [6.07, 6.45) is 1.82. The number of hydrogen-bond donors (Lipinski definition) is 3. The van der Waals surface area contributed by atoms with Crippen molar-refractivity contribution in [2.45, 2.75) is 0 Å². The van der Waals surface area contributed by atoms with E-state index in [9.17, 15) is 4.79 Å². The van der Waals surface area contributed by atoms with Gasteiger partial charge in [0.25, 0.3) is 5.91 Å². The second kappa shape index (κ2) is 7.96. The molecule has 0 aliphatic carbocycles. The summed E-state index contributed by atoms with van der Waals surface area (Å²) in [5.41, 5.74) is 2.94. The number of methoxy groups -OCH3 is 1. The van der Waals surface area contributed by atoms with Crippen LogP contribution in [0.2, 0.25) is 0 Å². The van der Waals surface area contributed by atoms with Crippen molar-refractivity contribution >= 4 is 34.4 Å². The average Bonchev–Trinajstić information content (AvgIpc) is 3.22. The lowest BCUT2D eigenvalue weighted by molar-refractivity contribution is 0.0664. The van der Waals surface area contributed by atoms with Crippen molar-refractivity contribution in [3.8, 4) is 5.75 Å². The van der Waals surface area contributed by atoms with Crippen LogP contribution in [-0.4, -0.2) is 78.0 Å². The Hall–Kier alpha value is -3.33. The zero-order chi connectivity index (χ0) is 20.4. The van der Waals surface area contributed by atoms with E-state index in [0.29, 0.717) is 28.8 Å². The Morgan fingerprint density at radius 2 is 1.97 bits per heavy atom. The lowest BCUT2D eigenvalue weighted by Crippen LogP contribution is -2.47.